The van der Waals surface area contributed by atoms with Crippen molar-refractivity contribution in [2.75, 3.05) is 6.54 Å². The zero-order chi connectivity index (χ0) is 19.1. The van der Waals surface area contributed by atoms with Gasteiger partial charge in [0.05, 0.1) is 34.7 Å². The van der Waals surface area contributed by atoms with Crippen molar-refractivity contribution in [3.05, 3.63) is 65.6 Å². The fourth-order valence-electron chi connectivity index (χ4n) is 4.24. The third-order valence-electron chi connectivity index (χ3n) is 5.43. The molecule has 3 atom stereocenters. The summed E-state index contributed by atoms with van der Waals surface area (Å²) in [6.45, 7) is 0.748. The summed E-state index contributed by atoms with van der Waals surface area (Å²) in [5.41, 5.74) is 1.27. The average Bonchev–Trinajstić information content (AvgIpc) is 3.46. The summed E-state index contributed by atoms with van der Waals surface area (Å²) in [7, 11) is 0. The third kappa shape index (κ3) is 3.01. The predicted octanol–water partition coefficient (Wildman–Crippen LogP) is 3.00. The normalized spacial score (nSPS) is 23.2. The van der Waals surface area contributed by atoms with Crippen molar-refractivity contribution < 1.29 is 9.53 Å². The topological polar surface area (TPSA) is 73.1 Å². The zero-order valence-electron chi connectivity index (χ0n) is 15.0. The van der Waals surface area contributed by atoms with Crippen molar-refractivity contribution in [3.8, 4) is 11.6 Å². The number of halogens is 1. The highest BCUT2D eigenvalue weighted by molar-refractivity contribution is 6.30. The minimum atomic E-state index is -0.0635. The summed E-state index contributed by atoms with van der Waals surface area (Å²) < 4.78 is 6.09. The Balaban J connectivity index is 1.39. The second-order valence-corrected chi connectivity index (χ2v) is 7.61. The molecule has 1 amide bonds. The number of likely N-dealkylation sites (tertiary alicyclic amines) is 1. The number of carbonyl (C=O) groups excluding carboxylic acids is 1. The van der Waals surface area contributed by atoms with E-state index in [1.807, 2.05) is 29.2 Å². The van der Waals surface area contributed by atoms with Crippen LogP contribution in [0.1, 0.15) is 23.2 Å². The Bertz CT molecular complexity index is 992. The van der Waals surface area contributed by atoms with E-state index in [1.165, 1.54) is 4.80 Å². The molecular formula is C20H18ClN5O2. The van der Waals surface area contributed by atoms with E-state index in [-0.39, 0.29) is 18.1 Å². The minimum Gasteiger partial charge on any atom is -0.472 e. The number of benzene rings is 1. The number of aromatic nitrogens is 4. The van der Waals surface area contributed by atoms with E-state index >= 15 is 0 Å². The molecule has 0 unspecified atom stereocenters. The van der Waals surface area contributed by atoms with Gasteiger partial charge < -0.3 is 9.64 Å². The average molecular weight is 396 g/mol. The van der Waals surface area contributed by atoms with Gasteiger partial charge in [-0.2, -0.15) is 15.0 Å². The molecule has 0 radical (unpaired) electrons. The summed E-state index contributed by atoms with van der Waals surface area (Å²) in [6, 6.07) is 11.0. The van der Waals surface area contributed by atoms with Crippen LogP contribution in [0.2, 0.25) is 5.02 Å². The first-order chi connectivity index (χ1) is 13.7. The Labute approximate surface area is 166 Å². The first-order valence-electron chi connectivity index (χ1n) is 9.24. The molecule has 1 saturated heterocycles. The van der Waals surface area contributed by atoms with Gasteiger partial charge in [-0.15, -0.1) is 0 Å². The number of amides is 1. The molecule has 0 spiro atoms. The maximum absolute atomic E-state index is 13.4. The first kappa shape index (κ1) is 17.2. The summed E-state index contributed by atoms with van der Waals surface area (Å²) in [5.74, 6) is 0.967. The van der Waals surface area contributed by atoms with Crippen molar-refractivity contribution in [3.63, 3.8) is 0 Å². The molecule has 2 fully saturated rings. The van der Waals surface area contributed by atoms with Crippen LogP contribution in [0.3, 0.4) is 0 Å². The maximum Gasteiger partial charge on any atom is 0.256 e. The quantitative estimate of drug-likeness (QED) is 0.679. The fourth-order valence-corrected chi connectivity index (χ4v) is 4.35. The van der Waals surface area contributed by atoms with Crippen molar-refractivity contribution in [2.45, 2.75) is 25.0 Å². The molecule has 1 saturated carbocycles. The second kappa shape index (κ2) is 6.91. The molecule has 7 nitrogen and oxygen atoms in total. The lowest BCUT2D eigenvalue weighted by Crippen LogP contribution is -2.47. The molecule has 0 N–H and O–H groups in total. The van der Waals surface area contributed by atoms with Crippen LogP contribution in [0.15, 0.2) is 55.0 Å². The SMILES string of the molecule is O=C(c1ccccc1-n1nccn1)N1C[C@H]2C[C@@H](Oc3ccc(Cl)cn3)[C@@H]1C2. The number of ether oxygens (including phenoxy) is 1. The Morgan fingerprint density at radius 1 is 1.11 bits per heavy atom. The van der Waals surface area contributed by atoms with E-state index in [4.69, 9.17) is 16.3 Å². The van der Waals surface area contributed by atoms with Crippen LogP contribution in [0.25, 0.3) is 5.69 Å². The van der Waals surface area contributed by atoms with E-state index in [2.05, 4.69) is 15.2 Å². The summed E-state index contributed by atoms with van der Waals surface area (Å²) >= 11 is 5.90. The first-order valence-corrected chi connectivity index (χ1v) is 9.62. The summed E-state index contributed by atoms with van der Waals surface area (Å²) in [6.07, 6.45) is 6.59. The van der Waals surface area contributed by atoms with Gasteiger partial charge in [0.15, 0.2) is 0 Å². The molecule has 28 heavy (non-hydrogen) atoms. The number of para-hydroxylation sites is 1. The van der Waals surface area contributed by atoms with Crippen LogP contribution in [-0.2, 0) is 0 Å². The molecule has 5 rings (SSSR count). The van der Waals surface area contributed by atoms with E-state index in [1.54, 1.807) is 30.7 Å². The summed E-state index contributed by atoms with van der Waals surface area (Å²) in [5, 5.41) is 8.92. The lowest BCUT2D eigenvalue weighted by molar-refractivity contribution is 0.0466. The van der Waals surface area contributed by atoms with Crippen molar-refractivity contribution in [1.82, 2.24) is 24.9 Å². The number of hydrogen-bond donors (Lipinski definition) is 0. The maximum atomic E-state index is 13.4. The lowest BCUT2D eigenvalue weighted by atomic mass is 10.1. The molecule has 2 bridgehead atoms. The highest BCUT2D eigenvalue weighted by atomic mass is 35.5. The van der Waals surface area contributed by atoms with Crippen molar-refractivity contribution in [1.29, 1.82) is 0 Å². The second-order valence-electron chi connectivity index (χ2n) is 7.17. The number of piperidine rings is 1. The van der Waals surface area contributed by atoms with Crippen LogP contribution in [0.5, 0.6) is 5.88 Å². The van der Waals surface area contributed by atoms with Crippen LogP contribution < -0.4 is 4.74 Å². The Morgan fingerprint density at radius 2 is 1.93 bits per heavy atom. The van der Waals surface area contributed by atoms with E-state index in [9.17, 15) is 4.79 Å². The number of hydrogen-bond acceptors (Lipinski definition) is 5. The fraction of sp³-hybridized carbons (Fsp3) is 0.300. The van der Waals surface area contributed by atoms with Crippen LogP contribution in [0.4, 0.5) is 0 Å². The molecule has 8 heteroatoms. The number of fused-ring (bicyclic) bond motifs is 2. The third-order valence-corrected chi connectivity index (χ3v) is 5.65. The molecule has 1 aliphatic carbocycles. The van der Waals surface area contributed by atoms with E-state index < -0.39 is 0 Å². The molecule has 2 aromatic heterocycles. The van der Waals surface area contributed by atoms with Gasteiger partial charge in [0, 0.05) is 18.8 Å². The minimum absolute atomic E-state index is 0.0160. The monoisotopic (exact) mass is 395 g/mol. The number of pyridine rings is 1. The number of carbonyl (C=O) groups is 1. The Kier molecular flexibility index (Phi) is 4.24. The van der Waals surface area contributed by atoms with Crippen LogP contribution in [0, 0.1) is 5.92 Å². The molecule has 1 aromatic carbocycles. The van der Waals surface area contributed by atoms with Crippen LogP contribution >= 0.6 is 11.6 Å². The molecule has 2 aliphatic rings. The Morgan fingerprint density at radius 3 is 2.68 bits per heavy atom. The highest BCUT2D eigenvalue weighted by Crippen LogP contribution is 2.40. The van der Waals surface area contributed by atoms with E-state index in [0.29, 0.717) is 28.1 Å². The van der Waals surface area contributed by atoms with Gasteiger partial charge in [0.1, 0.15) is 6.10 Å². The highest BCUT2D eigenvalue weighted by Gasteiger charge is 2.48. The molecule has 142 valence electrons. The van der Waals surface area contributed by atoms with Gasteiger partial charge in [0.25, 0.3) is 5.91 Å². The molecule has 1 aliphatic heterocycles. The van der Waals surface area contributed by atoms with Gasteiger partial charge in [-0.05, 0) is 37.0 Å². The van der Waals surface area contributed by atoms with Crippen molar-refractivity contribution >= 4 is 17.5 Å². The molecular weight excluding hydrogens is 378 g/mol. The zero-order valence-corrected chi connectivity index (χ0v) is 15.7. The van der Waals surface area contributed by atoms with Gasteiger partial charge in [-0.3, -0.25) is 4.79 Å². The van der Waals surface area contributed by atoms with Gasteiger partial charge in [-0.25, -0.2) is 4.98 Å². The van der Waals surface area contributed by atoms with Crippen molar-refractivity contribution in [2.24, 2.45) is 5.92 Å². The smallest absolute Gasteiger partial charge is 0.256 e. The summed E-state index contributed by atoms with van der Waals surface area (Å²) in [4.78, 5) is 21.0. The Hall–Kier alpha value is -2.93. The van der Waals surface area contributed by atoms with Gasteiger partial charge in [-0.1, -0.05) is 23.7 Å². The van der Waals surface area contributed by atoms with Crippen LogP contribution in [-0.4, -0.2) is 49.5 Å². The number of rotatable bonds is 4. The number of nitrogens with zero attached hydrogens (tertiary/aromatic N) is 5. The lowest BCUT2D eigenvalue weighted by Gasteiger charge is -2.33. The molecule has 3 heterocycles. The van der Waals surface area contributed by atoms with E-state index in [0.717, 1.165) is 19.4 Å². The van der Waals surface area contributed by atoms with Gasteiger partial charge >= 0.3 is 0 Å². The largest absolute Gasteiger partial charge is 0.472 e. The van der Waals surface area contributed by atoms with Gasteiger partial charge in [0.2, 0.25) is 5.88 Å². The predicted molar refractivity (Wildman–Crippen MR) is 103 cm³/mol. The molecule has 3 aromatic rings. The standard InChI is InChI=1S/C20H18ClN5O2/c21-14-5-6-19(22-11-14)28-18-10-13-9-17(18)25(12-13)20(27)15-3-1-2-4-16(15)26-23-7-8-24-26/h1-8,11,13,17-18H,9-10,12H2/t13-,17+,18-/m1/s1.